The number of fused-ring (bicyclic) bond motifs is 5. The summed E-state index contributed by atoms with van der Waals surface area (Å²) in [5.74, 6) is 2.65. The van der Waals surface area contributed by atoms with E-state index in [4.69, 9.17) is 0 Å². The van der Waals surface area contributed by atoms with Gasteiger partial charge in [0.15, 0.2) is 5.78 Å². The van der Waals surface area contributed by atoms with E-state index in [-0.39, 0.29) is 16.7 Å². The minimum absolute atomic E-state index is 0.0991. The zero-order valence-corrected chi connectivity index (χ0v) is 15.2. The van der Waals surface area contributed by atoms with Crippen LogP contribution >= 0.6 is 0 Å². The van der Waals surface area contributed by atoms with Gasteiger partial charge < -0.3 is 5.11 Å². The standard InChI is InChI=1S/C21H32O2/c1-13-12-19(2)14(11-18(13)22)5-6-15-16(19)7-9-20(3)17(15)8-10-21(20,4)23/h11,13,15-17,23H,5-10,12H2,1-4H3/t13-,15-,16+,17+,19+,20+,21-/m1/s1. The third-order valence-corrected chi connectivity index (χ3v) is 8.83. The summed E-state index contributed by atoms with van der Waals surface area (Å²) in [6.45, 7) is 8.97. The molecule has 0 aromatic heterocycles. The van der Waals surface area contributed by atoms with Crippen LogP contribution in [-0.2, 0) is 4.79 Å². The molecule has 0 heterocycles. The fourth-order valence-electron chi connectivity index (χ4n) is 7.14. The maximum absolute atomic E-state index is 12.2. The summed E-state index contributed by atoms with van der Waals surface area (Å²) in [7, 11) is 0. The quantitative estimate of drug-likeness (QED) is 0.713. The predicted octanol–water partition coefficient (Wildman–Crippen LogP) is 4.52. The molecule has 4 aliphatic carbocycles. The van der Waals surface area contributed by atoms with Gasteiger partial charge in [0.25, 0.3) is 0 Å². The van der Waals surface area contributed by atoms with Gasteiger partial charge in [-0.1, -0.05) is 26.3 Å². The molecule has 0 radical (unpaired) electrons. The minimum Gasteiger partial charge on any atom is -0.390 e. The van der Waals surface area contributed by atoms with Gasteiger partial charge in [0, 0.05) is 5.92 Å². The highest BCUT2D eigenvalue weighted by Gasteiger charge is 2.62. The first kappa shape index (κ1) is 15.9. The molecular formula is C21H32O2. The summed E-state index contributed by atoms with van der Waals surface area (Å²) in [5.41, 5.74) is 1.28. The first-order valence-electron chi connectivity index (χ1n) is 9.66. The van der Waals surface area contributed by atoms with Gasteiger partial charge in [-0.05, 0) is 86.5 Å². The smallest absolute Gasteiger partial charge is 0.158 e. The molecule has 0 aromatic carbocycles. The normalized spacial score (nSPS) is 55.7. The van der Waals surface area contributed by atoms with Crippen molar-refractivity contribution in [2.75, 3.05) is 0 Å². The van der Waals surface area contributed by atoms with Gasteiger partial charge in [0.2, 0.25) is 0 Å². The van der Waals surface area contributed by atoms with Crippen molar-refractivity contribution in [3.8, 4) is 0 Å². The van der Waals surface area contributed by atoms with E-state index < -0.39 is 5.60 Å². The topological polar surface area (TPSA) is 37.3 Å². The van der Waals surface area contributed by atoms with Crippen LogP contribution in [0.5, 0.6) is 0 Å². The molecule has 3 fully saturated rings. The van der Waals surface area contributed by atoms with Gasteiger partial charge in [0.1, 0.15) is 0 Å². The highest BCUT2D eigenvalue weighted by atomic mass is 16.3. The molecule has 1 N–H and O–H groups in total. The largest absolute Gasteiger partial charge is 0.390 e. The number of rotatable bonds is 0. The van der Waals surface area contributed by atoms with Crippen molar-refractivity contribution >= 4 is 5.78 Å². The molecule has 3 saturated carbocycles. The molecule has 7 atom stereocenters. The van der Waals surface area contributed by atoms with Crippen LogP contribution in [0.2, 0.25) is 0 Å². The maximum Gasteiger partial charge on any atom is 0.158 e. The van der Waals surface area contributed by atoms with Crippen molar-refractivity contribution in [2.45, 2.75) is 78.2 Å². The second-order valence-corrected chi connectivity index (χ2v) is 9.78. The van der Waals surface area contributed by atoms with Gasteiger partial charge in [-0.3, -0.25) is 4.79 Å². The van der Waals surface area contributed by atoms with Gasteiger partial charge in [-0.2, -0.15) is 0 Å². The number of hydrogen-bond donors (Lipinski definition) is 1. The second kappa shape index (κ2) is 4.71. The molecule has 0 spiro atoms. The number of carbonyl (C=O) groups excluding carboxylic acids is 1. The first-order chi connectivity index (χ1) is 10.7. The van der Waals surface area contributed by atoms with Crippen LogP contribution in [0.25, 0.3) is 0 Å². The lowest BCUT2D eigenvalue weighted by Gasteiger charge is -2.59. The van der Waals surface area contributed by atoms with E-state index in [1.54, 1.807) is 0 Å². The average Bonchev–Trinajstić information content (AvgIpc) is 2.71. The highest BCUT2D eigenvalue weighted by molar-refractivity contribution is 5.93. The lowest BCUT2D eigenvalue weighted by molar-refractivity contribution is -0.128. The number of carbonyl (C=O) groups is 1. The van der Waals surface area contributed by atoms with Crippen molar-refractivity contribution in [1.29, 1.82) is 0 Å². The Morgan fingerprint density at radius 2 is 1.78 bits per heavy atom. The lowest BCUT2D eigenvalue weighted by atomic mass is 9.46. The summed E-state index contributed by atoms with van der Waals surface area (Å²) in [4.78, 5) is 12.2. The zero-order valence-electron chi connectivity index (χ0n) is 15.2. The van der Waals surface area contributed by atoms with Gasteiger partial charge in [-0.25, -0.2) is 0 Å². The number of ketones is 1. The second-order valence-electron chi connectivity index (χ2n) is 9.78. The number of aliphatic hydroxyl groups is 1. The first-order valence-corrected chi connectivity index (χ1v) is 9.66. The predicted molar refractivity (Wildman–Crippen MR) is 91.9 cm³/mol. The highest BCUT2D eigenvalue weighted by Crippen LogP contribution is 2.67. The summed E-state index contributed by atoms with van der Waals surface area (Å²) < 4.78 is 0. The van der Waals surface area contributed by atoms with Gasteiger partial charge in [0.05, 0.1) is 5.60 Å². The summed E-state index contributed by atoms with van der Waals surface area (Å²) in [5, 5.41) is 11.0. The van der Waals surface area contributed by atoms with Gasteiger partial charge >= 0.3 is 0 Å². The average molecular weight is 316 g/mol. The van der Waals surface area contributed by atoms with Crippen molar-refractivity contribution in [1.82, 2.24) is 0 Å². The number of hydrogen-bond acceptors (Lipinski definition) is 2. The van der Waals surface area contributed by atoms with E-state index in [1.165, 1.54) is 24.8 Å². The third-order valence-electron chi connectivity index (χ3n) is 8.83. The van der Waals surface area contributed by atoms with Crippen LogP contribution in [0.4, 0.5) is 0 Å². The van der Waals surface area contributed by atoms with Gasteiger partial charge in [-0.15, -0.1) is 0 Å². The fraction of sp³-hybridized carbons (Fsp3) is 0.857. The Hall–Kier alpha value is -0.630. The van der Waals surface area contributed by atoms with E-state index >= 15 is 0 Å². The molecule has 4 rings (SSSR count). The molecule has 128 valence electrons. The van der Waals surface area contributed by atoms with Crippen LogP contribution in [0.3, 0.4) is 0 Å². The zero-order chi connectivity index (χ0) is 16.6. The van der Waals surface area contributed by atoms with E-state index in [9.17, 15) is 9.90 Å². The summed E-state index contributed by atoms with van der Waals surface area (Å²) in [6.07, 6.45) is 9.90. The van der Waals surface area contributed by atoms with Crippen LogP contribution in [0, 0.1) is 34.5 Å². The molecule has 2 nitrogen and oxygen atoms in total. The van der Waals surface area contributed by atoms with E-state index in [0.29, 0.717) is 17.6 Å². The molecule has 0 aliphatic heterocycles. The van der Waals surface area contributed by atoms with Crippen LogP contribution in [-0.4, -0.2) is 16.5 Å². The van der Waals surface area contributed by atoms with E-state index in [1.807, 2.05) is 6.08 Å². The Bertz CT molecular complexity index is 574. The van der Waals surface area contributed by atoms with Crippen molar-refractivity contribution in [3.63, 3.8) is 0 Å². The minimum atomic E-state index is -0.491. The SMILES string of the molecule is C[C@@H]1C[C@@]2(C)C(=CC1=O)CC[C@@H]1[C@@H]2CC[C@@]2(C)[C@H]1CC[C@@]2(C)O. The monoisotopic (exact) mass is 316 g/mol. The van der Waals surface area contributed by atoms with Crippen molar-refractivity contribution in [3.05, 3.63) is 11.6 Å². The van der Waals surface area contributed by atoms with E-state index in [0.717, 1.165) is 31.6 Å². The van der Waals surface area contributed by atoms with Crippen molar-refractivity contribution < 1.29 is 9.90 Å². The molecule has 0 aromatic rings. The Balaban J connectivity index is 1.70. The third kappa shape index (κ3) is 1.94. The molecule has 4 aliphatic rings. The molecular weight excluding hydrogens is 284 g/mol. The molecule has 0 bridgehead atoms. The molecule has 0 unspecified atom stereocenters. The summed E-state index contributed by atoms with van der Waals surface area (Å²) >= 11 is 0. The Labute approximate surface area is 140 Å². The Kier molecular flexibility index (Phi) is 3.25. The van der Waals surface area contributed by atoms with Crippen molar-refractivity contribution in [2.24, 2.45) is 34.5 Å². The van der Waals surface area contributed by atoms with Crippen LogP contribution < -0.4 is 0 Å². The molecule has 23 heavy (non-hydrogen) atoms. The van der Waals surface area contributed by atoms with Crippen LogP contribution in [0.15, 0.2) is 11.6 Å². The fourth-order valence-corrected chi connectivity index (χ4v) is 7.14. The molecule has 0 amide bonds. The Morgan fingerprint density at radius 1 is 1.09 bits per heavy atom. The van der Waals surface area contributed by atoms with E-state index in [2.05, 4.69) is 27.7 Å². The molecule has 0 saturated heterocycles. The van der Waals surface area contributed by atoms with Crippen LogP contribution in [0.1, 0.15) is 72.6 Å². The maximum atomic E-state index is 12.2. The summed E-state index contributed by atoms with van der Waals surface area (Å²) in [6, 6.07) is 0. The molecule has 2 heteroatoms. The Morgan fingerprint density at radius 3 is 2.52 bits per heavy atom. The number of allylic oxidation sites excluding steroid dienone is 1. The lowest BCUT2D eigenvalue weighted by Crippen LogP contribution is -2.54.